The summed E-state index contributed by atoms with van der Waals surface area (Å²) in [5.41, 5.74) is -1.46. The zero-order valence-electron chi connectivity index (χ0n) is 6.97. The van der Waals surface area contributed by atoms with Crippen molar-refractivity contribution in [3.8, 4) is 6.07 Å². The van der Waals surface area contributed by atoms with Crippen molar-refractivity contribution in [3.05, 3.63) is 26.6 Å². The minimum absolute atomic E-state index is 0.209. The average Bonchev–Trinajstić information content (AvgIpc) is 2.15. The first-order valence-corrected chi connectivity index (χ1v) is 5.01. The van der Waals surface area contributed by atoms with Crippen molar-refractivity contribution in [2.45, 2.75) is 6.43 Å². The van der Waals surface area contributed by atoms with E-state index in [1.54, 1.807) is 28.7 Å². The molecule has 0 aliphatic heterocycles. The van der Waals surface area contributed by atoms with Crippen LogP contribution in [-0.4, -0.2) is 10.2 Å². The summed E-state index contributed by atoms with van der Waals surface area (Å²) in [6.45, 7) is 0. The molecule has 1 rings (SSSR count). The number of hydrogen-bond donors (Lipinski definition) is 0. The molecule has 0 spiro atoms. The van der Waals surface area contributed by atoms with E-state index in [-0.39, 0.29) is 9.39 Å². The summed E-state index contributed by atoms with van der Waals surface area (Å²) in [4.78, 5) is 14.5. The molecule has 7 heteroatoms. The summed E-state index contributed by atoms with van der Waals surface area (Å²) in [5.74, 6) is 0. The van der Waals surface area contributed by atoms with Gasteiger partial charge in [-0.1, -0.05) is 0 Å². The van der Waals surface area contributed by atoms with Crippen LogP contribution in [0.5, 0.6) is 0 Å². The Morgan fingerprint density at radius 3 is 2.67 bits per heavy atom. The second kappa shape index (κ2) is 4.81. The number of carbonyl (C=O) groups excluding carboxylic acids is 1. The molecule has 0 unspecified atom stereocenters. The molecular weight excluding hydrogens is 340 g/mol. The molecule has 0 bridgehead atoms. The van der Waals surface area contributed by atoms with E-state index < -0.39 is 22.8 Å². The Hall–Kier alpha value is -0.810. The highest BCUT2D eigenvalue weighted by Crippen LogP contribution is 2.27. The van der Waals surface area contributed by atoms with Gasteiger partial charge in [0.25, 0.3) is 11.7 Å². The Balaban J connectivity index is 3.56. The van der Waals surface area contributed by atoms with Crippen LogP contribution in [0.15, 0.2) is 6.07 Å². The Morgan fingerprint density at radius 2 is 2.27 bits per heavy atom. The van der Waals surface area contributed by atoms with Crippen LogP contribution < -0.4 is 0 Å². The number of halogens is 4. The summed E-state index contributed by atoms with van der Waals surface area (Å²) in [6.07, 6.45) is -2.87. The molecule has 0 radical (unpaired) electrons. The molecule has 78 valence electrons. The third-order valence-corrected chi connectivity index (χ3v) is 2.30. The van der Waals surface area contributed by atoms with Crippen LogP contribution in [0, 0.1) is 15.0 Å². The van der Waals surface area contributed by atoms with E-state index in [0.717, 1.165) is 6.07 Å². The largest absolute Gasteiger partial charge is 0.275 e. The molecule has 0 fully saturated rings. The van der Waals surface area contributed by atoms with Crippen molar-refractivity contribution in [1.29, 1.82) is 5.26 Å². The van der Waals surface area contributed by atoms with Crippen LogP contribution in [0.3, 0.4) is 0 Å². The number of pyridine rings is 1. The first-order chi connectivity index (χ1) is 6.97. The van der Waals surface area contributed by atoms with Crippen molar-refractivity contribution in [3.63, 3.8) is 0 Å². The number of nitrogens with zero attached hydrogens (tertiary/aromatic N) is 2. The van der Waals surface area contributed by atoms with E-state index in [1.165, 1.54) is 0 Å². The van der Waals surface area contributed by atoms with Crippen LogP contribution in [0.4, 0.5) is 8.78 Å². The van der Waals surface area contributed by atoms with Gasteiger partial charge in [-0.15, -0.1) is 0 Å². The quantitative estimate of drug-likeness (QED) is 0.472. The maximum atomic E-state index is 12.5. The lowest BCUT2D eigenvalue weighted by molar-refractivity contribution is 0.106. The minimum atomic E-state index is -2.87. The van der Waals surface area contributed by atoms with E-state index in [1.807, 2.05) is 0 Å². The Bertz CT molecular complexity index is 459. The van der Waals surface area contributed by atoms with Crippen molar-refractivity contribution < 1.29 is 13.6 Å². The summed E-state index contributed by atoms with van der Waals surface area (Å²) < 4.78 is 25.3. The average molecular weight is 342 g/mol. The maximum absolute atomic E-state index is 12.5. The SMILES string of the molecule is N#Cc1nc(I)cc(C(F)F)c1C(=O)Cl. The monoisotopic (exact) mass is 342 g/mol. The molecule has 0 aliphatic carbocycles. The first kappa shape index (κ1) is 12.3. The van der Waals surface area contributed by atoms with Gasteiger partial charge in [0.2, 0.25) is 0 Å². The van der Waals surface area contributed by atoms with E-state index >= 15 is 0 Å². The van der Waals surface area contributed by atoms with Gasteiger partial charge in [0.15, 0.2) is 5.69 Å². The van der Waals surface area contributed by atoms with Crippen LogP contribution in [0.2, 0.25) is 0 Å². The molecular formula is C8H2ClF2IN2O. The van der Waals surface area contributed by atoms with Crippen LogP contribution in [0.1, 0.15) is 28.0 Å². The lowest BCUT2D eigenvalue weighted by Gasteiger charge is -2.06. The third-order valence-electron chi connectivity index (χ3n) is 1.56. The fourth-order valence-electron chi connectivity index (χ4n) is 0.992. The van der Waals surface area contributed by atoms with Crippen LogP contribution in [0.25, 0.3) is 0 Å². The molecule has 0 saturated carbocycles. The van der Waals surface area contributed by atoms with Crippen LogP contribution in [-0.2, 0) is 0 Å². The summed E-state index contributed by atoms with van der Waals surface area (Å²) in [6, 6.07) is 2.59. The number of carbonyl (C=O) groups is 1. The predicted octanol–water partition coefficient (Wildman–Crippen LogP) is 2.87. The second-order valence-electron chi connectivity index (χ2n) is 2.44. The van der Waals surface area contributed by atoms with Crippen molar-refractivity contribution in [2.75, 3.05) is 0 Å². The van der Waals surface area contributed by atoms with Gasteiger partial charge in [-0.05, 0) is 40.3 Å². The van der Waals surface area contributed by atoms with Gasteiger partial charge in [0.1, 0.15) is 9.77 Å². The topological polar surface area (TPSA) is 53.8 Å². The molecule has 0 saturated heterocycles. The van der Waals surface area contributed by atoms with Gasteiger partial charge in [0.05, 0.1) is 5.56 Å². The third kappa shape index (κ3) is 2.60. The molecule has 1 aromatic rings. The smallest absolute Gasteiger partial charge is 0.264 e. The minimum Gasteiger partial charge on any atom is -0.275 e. The van der Waals surface area contributed by atoms with Gasteiger partial charge in [-0.2, -0.15) is 5.26 Å². The number of aromatic nitrogens is 1. The Morgan fingerprint density at radius 1 is 1.67 bits per heavy atom. The highest BCUT2D eigenvalue weighted by Gasteiger charge is 2.22. The van der Waals surface area contributed by atoms with E-state index in [4.69, 9.17) is 16.9 Å². The zero-order chi connectivity index (χ0) is 11.6. The zero-order valence-corrected chi connectivity index (χ0v) is 9.88. The Labute approximate surface area is 102 Å². The number of rotatable bonds is 2. The number of alkyl halides is 2. The Kier molecular flexibility index (Phi) is 3.93. The molecule has 3 nitrogen and oxygen atoms in total. The number of nitriles is 1. The van der Waals surface area contributed by atoms with Crippen LogP contribution >= 0.6 is 34.2 Å². The van der Waals surface area contributed by atoms with E-state index in [9.17, 15) is 13.6 Å². The van der Waals surface area contributed by atoms with Gasteiger partial charge in [-0.25, -0.2) is 13.8 Å². The van der Waals surface area contributed by atoms with E-state index in [0.29, 0.717) is 0 Å². The number of hydrogen-bond acceptors (Lipinski definition) is 3. The molecule has 0 N–H and O–H groups in total. The van der Waals surface area contributed by atoms with Gasteiger partial charge >= 0.3 is 0 Å². The summed E-state index contributed by atoms with van der Waals surface area (Å²) >= 11 is 6.80. The lowest BCUT2D eigenvalue weighted by Crippen LogP contribution is -2.05. The van der Waals surface area contributed by atoms with Gasteiger partial charge < -0.3 is 0 Å². The highest BCUT2D eigenvalue weighted by atomic mass is 127. The molecule has 1 heterocycles. The maximum Gasteiger partial charge on any atom is 0.264 e. The van der Waals surface area contributed by atoms with Gasteiger partial charge in [-0.3, -0.25) is 4.79 Å². The molecule has 0 amide bonds. The highest BCUT2D eigenvalue weighted by molar-refractivity contribution is 14.1. The van der Waals surface area contributed by atoms with Crippen molar-refractivity contribution in [1.82, 2.24) is 4.98 Å². The first-order valence-electron chi connectivity index (χ1n) is 3.56. The molecule has 0 aromatic carbocycles. The normalized spacial score (nSPS) is 10.1. The molecule has 0 atom stereocenters. The molecule has 15 heavy (non-hydrogen) atoms. The fourth-order valence-corrected chi connectivity index (χ4v) is 1.77. The summed E-state index contributed by atoms with van der Waals surface area (Å²) in [7, 11) is 0. The molecule has 1 aromatic heterocycles. The lowest BCUT2D eigenvalue weighted by atomic mass is 10.1. The molecule has 0 aliphatic rings. The second-order valence-corrected chi connectivity index (χ2v) is 3.89. The fraction of sp³-hybridized carbons (Fsp3) is 0.125. The summed E-state index contributed by atoms with van der Waals surface area (Å²) in [5, 5.41) is 7.52. The predicted molar refractivity (Wildman–Crippen MR) is 56.8 cm³/mol. The van der Waals surface area contributed by atoms with Gasteiger partial charge in [0, 0.05) is 5.56 Å². The van der Waals surface area contributed by atoms with E-state index in [2.05, 4.69) is 4.98 Å². The van der Waals surface area contributed by atoms with Crippen molar-refractivity contribution in [2.24, 2.45) is 0 Å². The van der Waals surface area contributed by atoms with Crippen molar-refractivity contribution >= 4 is 39.4 Å². The standard InChI is InChI=1S/C8H2ClF2IN2O/c9-7(15)6-3(8(10)11)1-5(12)14-4(6)2-13/h1,8H.